The van der Waals surface area contributed by atoms with Crippen LogP contribution in [0.25, 0.3) is 11.0 Å². The van der Waals surface area contributed by atoms with Crippen LogP contribution in [0.3, 0.4) is 0 Å². The van der Waals surface area contributed by atoms with E-state index in [9.17, 15) is 18.0 Å². The Labute approximate surface area is 209 Å². The van der Waals surface area contributed by atoms with Crippen molar-refractivity contribution < 1.29 is 22.7 Å². The van der Waals surface area contributed by atoms with Crippen LogP contribution in [0.4, 0.5) is 24.8 Å². The molecule has 186 valence electrons. The summed E-state index contributed by atoms with van der Waals surface area (Å²) in [4.78, 5) is 21.0. The lowest BCUT2D eigenvalue weighted by Crippen LogP contribution is -2.27. The molecular formula is C26H22ClF3N4O2. The zero-order valence-corrected chi connectivity index (χ0v) is 20.1. The Morgan fingerprint density at radius 3 is 2.64 bits per heavy atom. The quantitative estimate of drug-likeness (QED) is 0.279. The molecule has 3 N–H and O–H groups in total. The number of alkyl halides is 3. The first kappa shape index (κ1) is 24.0. The first-order valence-electron chi connectivity index (χ1n) is 11.2. The molecule has 0 atom stereocenters. The number of halogens is 4. The van der Waals surface area contributed by atoms with Crippen molar-refractivity contribution in [2.45, 2.75) is 38.6 Å². The Morgan fingerprint density at radius 2 is 1.89 bits per heavy atom. The maximum absolute atomic E-state index is 13.4. The van der Waals surface area contributed by atoms with E-state index in [4.69, 9.17) is 16.3 Å². The molecule has 10 heteroatoms. The van der Waals surface area contributed by atoms with Crippen molar-refractivity contribution in [2.75, 3.05) is 5.32 Å². The highest BCUT2D eigenvalue weighted by Gasteiger charge is 2.37. The number of rotatable bonds is 5. The monoisotopic (exact) mass is 514 g/mol. The molecule has 0 saturated heterocycles. The molecule has 5 rings (SSSR count). The SMILES string of the molecule is CC1(C)Cc2c(c(C(=O)NCc3ccccc3C(F)(F)F)cc3nc(Nc4ccccc4Cl)[nH]c23)O1. The average molecular weight is 515 g/mol. The molecule has 0 unspecified atom stereocenters. The van der Waals surface area contributed by atoms with Crippen molar-refractivity contribution in [3.63, 3.8) is 0 Å². The van der Waals surface area contributed by atoms with Crippen molar-refractivity contribution in [1.82, 2.24) is 15.3 Å². The fourth-order valence-electron chi connectivity index (χ4n) is 4.36. The Kier molecular flexibility index (Phi) is 5.83. The van der Waals surface area contributed by atoms with Gasteiger partial charge in [-0.15, -0.1) is 0 Å². The van der Waals surface area contributed by atoms with Gasteiger partial charge in [-0.05, 0) is 43.7 Å². The number of H-pyrrole nitrogens is 1. The van der Waals surface area contributed by atoms with Crippen molar-refractivity contribution in [2.24, 2.45) is 0 Å². The number of carbonyl (C=O) groups is 1. The maximum Gasteiger partial charge on any atom is 0.416 e. The molecule has 3 aromatic carbocycles. The Morgan fingerprint density at radius 1 is 1.17 bits per heavy atom. The molecule has 0 aliphatic carbocycles. The van der Waals surface area contributed by atoms with Crippen molar-refractivity contribution in [3.05, 3.63) is 81.9 Å². The molecule has 36 heavy (non-hydrogen) atoms. The predicted molar refractivity (Wildman–Crippen MR) is 132 cm³/mol. The molecule has 0 fully saturated rings. The largest absolute Gasteiger partial charge is 0.486 e. The summed E-state index contributed by atoms with van der Waals surface area (Å²) in [5, 5.41) is 6.28. The van der Waals surface area contributed by atoms with Gasteiger partial charge < -0.3 is 20.4 Å². The fourth-order valence-corrected chi connectivity index (χ4v) is 4.55. The first-order chi connectivity index (χ1) is 17.0. The molecule has 0 bridgehead atoms. The van der Waals surface area contributed by atoms with E-state index in [1.165, 1.54) is 18.2 Å². The fraction of sp³-hybridized carbons (Fsp3) is 0.231. The number of hydrogen-bond acceptors (Lipinski definition) is 4. The number of anilines is 2. The standard InChI is InChI=1S/C26H22ClF3N4O2/c1-25(2)12-16-21-20(33-24(34-21)32-19-10-6-5-9-18(19)27)11-15(22(16)36-25)23(35)31-13-14-7-3-4-8-17(14)26(28,29)30/h3-11H,12-13H2,1-2H3,(H,31,35)(H2,32,33,34). The number of amides is 1. The molecule has 1 aromatic heterocycles. The van der Waals surface area contributed by atoms with Crippen LogP contribution in [-0.4, -0.2) is 21.5 Å². The zero-order valence-electron chi connectivity index (χ0n) is 19.4. The number of aromatic nitrogens is 2. The van der Waals surface area contributed by atoms with Gasteiger partial charge in [0.15, 0.2) is 0 Å². The van der Waals surface area contributed by atoms with Crippen molar-refractivity contribution >= 4 is 40.2 Å². The highest BCUT2D eigenvalue weighted by molar-refractivity contribution is 6.33. The number of nitrogens with zero attached hydrogens (tertiary/aromatic N) is 1. The van der Waals surface area contributed by atoms with E-state index in [1.807, 2.05) is 32.0 Å². The van der Waals surface area contributed by atoms with Gasteiger partial charge in [0.05, 0.1) is 32.9 Å². The van der Waals surface area contributed by atoms with Crippen LogP contribution in [0.15, 0.2) is 54.6 Å². The van der Waals surface area contributed by atoms with E-state index in [2.05, 4.69) is 20.6 Å². The van der Waals surface area contributed by atoms with Gasteiger partial charge >= 0.3 is 6.18 Å². The number of aromatic amines is 1. The van der Waals surface area contributed by atoms with Crippen LogP contribution in [0.1, 0.15) is 40.9 Å². The number of hydrogen-bond donors (Lipinski definition) is 3. The summed E-state index contributed by atoms with van der Waals surface area (Å²) >= 11 is 6.25. The second-order valence-electron chi connectivity index (χ2n) is 9.19. The average Bonchev–Trinajstić information content (AvgIpc) is 3.37. The number of carbonyl (C=O) groups excluding carboxylic acids is 1. The topological polar surface area (TPSA) is 79.0 Å². The summed E-state index contributed by atoms with van der Waals surface area (Å²) in [6.07, 6.45) is -4.00. The molecule has 1 amide bonds. The third-order valence-corrected chi connectivity index (χ3v) is 6.28. The lowest BCUT2D eigenvalue weighted by molar-refractivity contribution is -0.138. The van der Waals surface area contributed by atoms with Crippen LogP contribution < -0.4 is 15.4 Å². The molecule has 1 aliphatic rings. The summed E-state index contributed by atoms with van der Waals surface area (Å²) in [7, 11) is 0. The molecule has 6 nitrogen and oxygen atoms in total. The number of para-hydroxylation sites is 1. The number of benzene rings is 3. The van der Waals surface area contributed by atoms with Gasteiger partial charge in [0.2, 0.25) is 5.95 Å². The second kappa shape index (κ2) is 8.74. The number of fused-ring (bicyclic) bond motifs is 3. The predicted octanol–water partition coefficient (Wildman–Crippen LogP) is 6.62. The number of imidazole rings is 1. The summed E-state index contributed by atoms with van der Waals surface area (Å²) in [6.45, 7) is 3.52. The van der Waals surface area contributed by atoms with Gasteiger partial charge in [-0.3, -0.25) is 4.79 Å². The van der Waals surface area contributed by atoms with Gasteiger partial charge in [0, 0.05) is 18.5 Å². The van der Waals surface area contributed by atoms with E-state index in [-0.39, 0.29) is 17.7 Å². The third-order valence-electron chi connectivity index (χ3n) is 5.95. The van der Waals surface area contributed by atoms with Crippen molar-refractivity contribution in [1.29, 1.82) is 0 Å². The maximum atomic E-state index is 13.4. The molecule has 2 heterocycles. The first-order valence-corrected chi connectivity index (χ1v) is 11.6. The van der Waals surface area contributed by atoms with E-state index >= 15 is 0 Å². The van der Waals surface area contributed by atoms with Crippen LogP contribution >= 0.6 is 11.6 Å². The Bertz CT molecular complexity index is 1480. The molecule has 1 aliphatic heterocycles. The minimum absolute atomic E-state index is 0.0247. The highest BCUT2D eigenvalue weighted by Crippen LogP contribution is 2.42. The van der Waals surface area contributed by atoms with Crippen LogP contribution in [-0.2, 0) is 19.1 Å². The van der Waals surface area contributed by atoms with Gasteiger partial charge in [-0.25, -0.2) is 4.98 Å². The van der Waals surface area contributed by atoms with Crippen molar-refractivity contribution in [3.8, 4) is 5.75 Å². The molecule has 0 radical (unpaired) electrons. The lowest BCUT2D eigenvalue weighted by atomic mass is 9.98. The second-order valence-corrected chi connectivity index (χ2v) is 9.60. The molecule has 0 spiro atoms. The Balaban J connectivity index is 1.49. The van der Waals surface area contributed by atoms with E-state index in [1.54, 1.807) is 12.1 Å². The smallest absolute Gasteiger partial charge is 0.416 e. The lowest BCUT2D eigenvalue weighted by Gasteiger charge is -2.18. The molecular weight excluding hydrogens is 493 g/mol. The van der Waals surface area contributed by atoms with Gasteiger partial charge in [-0.2, -0.15) is 13.2 Å². The summed E-state index contributed by atoms with van der Waals surface area (Å²) in [5.74, 6) is 0.273. The van der Waals surface area contributed by atoms with Crippen LogP contribution in [0, 0.1) is 0 Å². The third kappa shape index (κ3) is 4.58. The number of nitrogens with one attached hydrogen (secondary N) is 3. The van der Waals surface area contributed by atoms with Crippen LogP contribution in [0.2, 0.25) is 5.02 Å². The molecule has 4 aromatic rings. The van der Waals surface area contributed by atoms with Gasteiger partial charge in [0.25, 0.3) is 5.91 Å². The summed E-state index contributed by atoms with van der Waals surface area (Å²) in [5.41, 5.74) is 1.49. The minimum atomic E-state index is -4.52. The summed E-state index contributed by atoms with van der Waals surface area (Å²) in [6, 6.07) is 13.9. The van der Waals surface area contributed by atoms with E-state index in [0.717, 1.165) is 11.6 Å². The zero-order chi connectivity index (χ0) is 25.7. The number of ether oxygens (including phenoxy) is 1. The highest BCUT2D eigenvalue weighted by atomic mass is 35.5. The van der Waals surface area contributed by atoms with Crippen LogP contribution in [0.5, 0.6) is 5.75 Å². The van der Waals surface area contributed by atoms with E-state index in [0.29, 0.717) is 39.9 Å². The van der Waals surface area contributed by atoms with Gasteiger partial charge in [-0.1, -0.05) is 41.9 Å². The van der Waals surface area contributed by atoms with E-state index < -0.39 is 23.2 Å². The minimum Gasteiger partial charge on any atom is -0.486 e. The normalized spacial score (nSPS) is 14.4. The Hall–Kier alpha value is -3.72. The van der Waals surface area contributed by atoms with Gasteiger partial charge in [0.1, 0.15) is 11.4 Å². The molecule has 0 saturated carbocycles. The summed E-state index contributed by atoms with van der Waals surface area (Å²) < 4.78 is 46.2.